The third-order valence-electron chi connectivity index (χ3n) is 6.41. The van der Waals surface area contributed by atoms with Crippen molar-refractivity contribution in [2.75, 3.05) is 13.1 Å². The molecule has 0 amide bonds. The molecule has 0 heterocycles. The van der Waals surface area contributed by atoms with Gasteiger partial charge in [0, 0.05) is 16.7 Å². The van der Waals surface area contributed by atoms with E-state index in [-0.39, 0.29) is 11.9 Å². The Bertz CT molecular complexity index is 929. The van der Waals surface area contributed by atoms with Gasteiger partial charge < -0.3 is 4.74 Å². The molecule has 0 saturated heterocycles. The van der Waals surface area contributed by atoms with Gasteiger partial charge in [-0.25, -0.2) is 5.01 Å². The Morgan fingerprint density at radius 2 is 1.97 bits per heavy atom. The lowest BCUT2D eigenvalue weighted by Gasteiger charge is -2.28. The first-order valence-corrected chi connectivity index (χ1v) is 13.2. The van der Waals surface area contributed by atoms with Crippen LogP contribution in [-0.2, 0) is 22.6 Å². The Morgan fingerprint density at radius 1 is 1.18 bits per heavy atom. The van der Waals surface area contributed by atoms with Gasteiger partial charge in [-0.2, -0.15) is 0 Å². The topological polar surface area (TPSA) is 55.6 Å². The van der Waals surface area contributed by atoms with E-state index in [2.05, 4.69) is 60.7 Å². The maximum Gasteiger partial charge on any atom is 0.310 e. The molecule has 0 aliphatic heterocycles. The summed E-state index contributed by atoms with van der Waals surface area (Å²) in [4.78, 5) is 12.9. The van der Waals surface area contributed by atoms with Gasteiger partial charge in [0.05, 0.1) is 5.92 Å². The molecule has 0 spiro atoms. The van der Waals surface area contributed by atoms with Gasteiger partial charge in [-0.3, -0.25) is 10.6 Å². The summed E-state index contributed by atoms with van der Waals surface area (Å²) < 4.78 is 6.95. The average Bonchev–Trinajstić information content (AvgIpc) is 2.80. The van der Waals surface area contributed by atoms with Crippen LogP contribution >= 0.6 is 22.6 Å². The summed E-state index contributed by atoms with van der Waals surface area (Å²) >= 11 is 2.37. The molecule has 1 aliphatic rings. The standard InChI is InChI=1S/C28H37IN2O2/c1-3-4-5-9-12-24(28(32)33-20-22-10-7-6-8-11-22)18-31(30)19-26-16-23-13-14-27(29)17-25(23)15-21(26)2/h6-8,10-11,13-14,16-17,21,24H,3-5,9,12,15,18-20,30H2,1-2H3. The van der Waals surface area contributed by atoms with Gasteiger partial charge >= 0.3 is 5.97 Å². The molecule has 2 atom stereocenters. The predicted octanol–water partition coefficient (Wildman–Crippen LogP) is 6.37. The van der Waals surface area contributed by atoms with Crippen LogP contribution in [0.5, 0.6) is 0 Å². The maximum absolute atomic E-state index is 12.9. The van der Waals surface area contributed by atoms with Gasteiger partial charge in [-0.15, -0.1) is 0 Å². The number of hydrogen-bond donors (Lipinski definition) is 1. The Balaban J connectivity index is 1.61. The van der Waals surface area contributed by atoms with Crippen LogP contribution in [-0.4, -0.2) is 24.1 Å². The molecule has 5 heteroatoms. The van der Waals surface area contributed by atoms with Crippen LogP contribution in [0.3, 0.4) is 0 Å². The minimum Gasteiger partial charge on any atom is -0.461 e. The SMILES string of the molecule is CCCCCCC(CN(N)CC1=Cc2ccc(I)cc2CC1C)C(=O)OCc1ccccc1. The van der Waals surface area contributed by atoms with Crippen molar-refractivity contribution >= 4 is 34.6 Å². The molecule has 2 aromatic rings. The second kappa shape index (κ2) is 13.3. The van der Waals surface area contributed by atoms with E-state index in [4.69, 9.17) is 10.6 Å². The molecule has 1 aliphatic carbocycles. The molecule has 0 aromatic heterocycles. The number of unbranched alkanes of at least 4 members (excludes halogenated alkanes) is 3. The van der Waals surface area contributed by atoms with Gasteiger partial charge in [-0.05, 0) is 70.2 Å². The summed E-state index contributed by atoms with van der Waals surface area (Å²) in [5.41, 5.74) is 5.03. The fourth-order valence-corrected chi connectivity index (χ4v) is 4.98. The van der Waals surface area contributed by atoms with E-state index in [1.165, 1.54) is 33.1 Å². The van der Waals surface area contributed by atoms with Crippen molar-refractivity contribution in [2.45, 2.75) is 59.0 Å². The van der Waals surface area contributed by atoms with Crippen molar-refractivity contribution in [3.63, 3.8) is 0 Å². The van der Waals surface area contributed by atoms with Crippen LogP contribution in [0.25, 0.3) is 6.08 Å². The quantitative estimate of drug-likeness (QED) is 0.108. The largest absolute Gasteiger partial charge is 0.461 e. The molecule has 0 radical (unpaired) electrons. The molecule has 33 heavy (non-hydrogen) atoms. The highest BCUT2D eigenvalue weighted by Gasteiger charge is 2.24. The van der Waals surface area contributed by atoms with Crippen LogP contribution in [0, 0.1) is 15.4 Å². The number of benzene rings is 2. The summed E-state index contributed by atoms with van der Waals surface area (Å²) in [6, 6.07) is 16.5. The first-order valence-electron chi connectivity index (χ1n) is 12.1. The second-order valence-electron chi connectivity index (χ2n) is 9.24. The Labute approximate surface area is 212 Å². The smallest absolute Gasteiger partial charge is 0.310 e. The molecular formula is C28H37IN2O2. The zero-order valence-corrected chi connectivity index (χ0v) is 22.1. The minimum atomic E-state index is -0.205. The van der Waals surface area contributed by atoms with Crippen molar-refractivity contribution in [1.82, 2.24) is 5.01 Å². The van der Waals surface area contributed by atoms with E-state index in [0.29, 0.717) is 25.6 Å². The number of fused-ring (bicyclic) bond motifs is 1. The lowest BCUT2D eigenvalue weighted by Crippen LogP contribution is -2.41. The molecule has 178 valence electrons. The predicted molar refractivity (Wildman–Crippen MR) is 144 cm³/mol. The molecular weight excluding hydrogens is 523 g/mol. The first kappa shape index (κ1) is 25.9. The molecule has 2 N–H and O–H groups in total. The van der Waals surface area contributed by atoms with Crippen LogP contribution < -0.4 is 5.84 Å². The average molecular weight is 561 g/mol. The van der Waals surface area contributed by atoms with Gasteiger partial charge in [0.25, 0.3) is 0 Å². The summed E-state index contributed by atoms with van der Waals surface area (Å²) in [6.45, 7) is 5.96. The highest BCUT2D eigenvalue weighted by molar-refractivity contribution is 14.1. The van der Waals surface area contributed by atoms with Crippen LogP contribution in [0.2, 0.25) is 0 Å². The number of hydrogen-bond acceptors (Lipinski definition) is 4. The number of halogens is 1. The number of nitrogens with two attached hydrogens (primary N) is 1. The van der Waals surface area contributed by atoms with Crippen LogP contribution in [0.1, 0.15) is 62.6 Å². The molecule has 0 fully saturated rings. The maximum atomic E-state index is 12.9. The van der Waals surface area contributed by atoms with Crippen molar-refractivity contribution in [1.29, 1.82) is 0 Å². The Kier molecular flexibility index (Phi) is 10.4. The molecule has 0 bridgehead atoms. The number of carbonyl (C=O) groups is 1. The van der Waals surface area contributed by atoms with Crippen molar-refractivity contribution < 1.29 is 9.53 Å². The monoisotopic (exact) mass is 560 g/mol. The zero-order chi connectivity index (χ0) is 23.6. The van der Waals surface area contributed by atoms with Gasteiger partial charge in [-0.1, -0.05) is 87.6 Å². The molecule has 0 saturated carbocycles. The summed E-state index contributed by atoms with van der Waals surface area (Å²) in [7, 11) is 0. The number of rotatable bonds is 12. The summed E-state index contributed by atoms with van der Waals surface area (Å²) in [5.74, 6) is 6.56. The fraction of sp³-hybridized carbons (Fsp3) is 0.464. The Morgan fingerprint density at radius 3 is 2.73 bits per heavy atom. The molecule has 3 rings (SSSR count). The van der Waals surface area contributed by atoms with Crippen molar-refractivity contribution in [3.8, 4) is 0 Å². The van der Waals surface area contributed by atoms with E-state index in [0.717, 1.165) is 31.2 Å². The summed E-state index contributed by atoms with van der Waals surface area (Å²) in [5, 5.41) is 1.81. The van der Waals surface area contributed by atoms with Crippen molar-refractivity contribution in [3.05, 3.63) is 74.4 Å². The number of ether oxygens (including phenoxy) is 1. The van der Waals surface area contributed by atoms with E-state index in [1.807, 2.05) is 35.3 Å². The number of carbonyl (C=O) groups excluding carboxylic acids is 1. The molecule has 4 nitrogen and oxygen atoms in total. The zero-order valence-electron chi connectivity index (χ0n) is 19.9. The molecule has 2 unspecified atom stereocenters. The van der Waals surface area contributed by atoms with Gasteiger partial charge in [0.2, 0.25) is 0 Å². The molecule has 2 aromatic carbocycles. The number of hydrazine groups is 1. The Hall–Kier alpha value is -1.70. The minimum absolute atomic E-state index is 0.142. The number of esters is 1. The van der Waals surface area contributed by atoms with E-state index in [1.54, 1.807) is 0 Å². The lowest BCUT2D eigenvalue weighted by atomic mass is 9.84. The van der Waals surface area contributed by atoms with E-state index in [9.17, 15) is 4.79 Å². The van der Waals surface area contributed by atoms with Crippen LogP contribution in [0.4, 0.5) is 0 Å². The lowest BCUT2D eigenvalue weighted by molar-refractivity contribution is -0.151. The third kappa shape index (κ3) is 8.23. The van der Waals surface area contributed by atoms with Gasteiger partial charge in [0.1, 0.15) is 6.61 Å². The highest BCUT2D eigenvalue weighted by Crippen LogP contribution is 2.30. The van der Waals surface area contributed by atoms with Crippen LogP contribution in [0.15, 0.2) is 54.1 Å². The number of nitrogens with zero attached hydrogens (tertiary/aromatic N) is 1. The van der Waals surface area contributed by atoms with Gasteiger partial charge in [0.15, 0.2) is 0 Å². The first-order chi connectivity index (χ1) is 16.0. The fourth-order valence-electron chi connectivity index (χ4n) is 4.43. The summed E-state index contributed by atoms with van der Waals surface area (Å²) in [6.07, 6.45) is 8.67. The highest BCUT2D eigenvalue weighted by atomic mass is 127. The second-order valence-corrected chi connectivity index (χ2v) is 10.5. The van der Waals surface area contributed by atoms with E-state index < -0.39 is 0 Å². The van der Waals surface area contributed by atoms with Crippen molar-refractivity contribution in [2.24, 2.45) is 17.7 Å². The normalized spacial score (nSPS) is 16.3. The third-order valence-corrected chi connectivity index (χ3v) is 7.08. The van der Waals surface area contributed by atoms with E-state index >= 15 is 0 Å².